The molecule has 10 heteroatoms. The smallest absolute Gasteiger partial charge is 0.410 e. The molecule has 1 aliphatic heterocycles. The van der Waals surface area contributed by atoms with Crippen molar-refractivity contribution in [2.45, 2.75) is 58.6 Å². The molecule has 1 atom stereocenters. The number of nitrogens with one attached hydrogen (secondary N) is 2. The van der Waals surface area contributed by atoms with Crippen molar-refractivity contribution in [2.24, 2.45) is 4.99 Å². The van der Waals surface area contributed by atoms with E-state index in [1.807, 2.05) is 27.7 Å². The number of guanidine groups is 1. The van der Waals surface area contributed by atoms with Crippen LogP contribution < -0.4 is 10.6 Å². The van der Waals surface area contributed by atoms with Crippen LogP contribution in [0, 0.1) is 0 Å². The summed E-state index contributed by atoms with van der Waals surface area (Å²) >= 11 is 0. The summed E-state index contributed by atoms with van der Waals surface area (Å²) in [7, 11) is 3.42. The molecular formula is C20H40IN5O4. The summed E-state index contributed by atoms with van der Waals surface area (Å²) in [5.41, 5.74) is -0.515. The molecule has 1 unspecified atom stereocenters. The molecule has 0 aliphatic carbocycles. The third kappa shape index (κ3) is 12.4. The number of ether oxygens (including phenoxy) is 2. The van der Waals surface area contributed by atoms with Crippen LogP contribution in [0.4, 0.5) is 4.79 Å². The number of likely N-dealkylation sites (N-methyl/N-ethyl adjacent to an activating group) is 1. The third-order valence-electron chi connectivity index (χ3n) is 4.25. The number of hydrogen-bond acceptors (Lipinski definition) is 5. The highest BCUT2D eigenvalue weighted by Gasteiger charge is 2.28. The summed E-state index contributed by atoms with van der Waals surface area (Å²) in [6, 6.07) is 0.0452. The van der Waals surface area contributed by atoms with Crippen molar-refractivity contribution < 1.29 is 19.1 Å². The van der Waals surface area contributed by atoms with E-state index in [4.69, 9.17) is 9.47 Å². The molecule has 0 aromatic heterocycles. The number of amides is 2. The minimum atomic E-state index is -0.515. The molecule has 9 nitrogen and oxygen atoms in total. The second kappa shape index (κ2) is 14.7. The van der Waals surface area contributed by atoms with Crippen molar-refractivity contribution in [3.8, 4) is 0 Å². The molecule has 0 aromatic rings. The highest BCUT2D eigenvalue weighted by Crippen LogP contribution is 2.15. The normalized spacial score (nSPS) is 17.1. The standard InChI is InChI=1S/C20H39N5O4.HI/c1-7-28-13-9-11-21-18(22-14-17(26)24(5)6)23-16-10-8-12-25(15-16)19(27)29-20(2,3)4;/h16H,7-15H2,1-6H3,(H2,21,22,23);1H. The van der Waals surface area contributed by atoms with Gasteiger partial charge in [0.1, 0.15) is 12.1 Å². The molecule has 1 aliphatic rings. The fraction of sp³-hybridized carbons (Fsp3) is 0.850. The lowest BCUT2D eigenvalue weighted by Crippen LogP contribution is -2.53. The molecular weight excluding hydrogens is 501 g/mol. The lowest BCUT2D eigenvalue weighted by atomic mass is 10.1. The van der Waals surface area contributed by atoms with Crippen LogP contribution in [-0.4, -0.2) is 92.9 Å². The molecule has 176 valence electrons. The van der Waals surface area contributed by atoms with Crippen molar-refractivity contribution >= 4 is 41.9 Å². The second-order valence-corrected chi connectivity index (χ2v) is 8.34. The average Bonchev–Trinajstić information content (AvgIpc) is 2.64. The number of rotatable bonds is 8. The van der Waals surface area contributed by atoms with Gasteiger partial charge in [0, 0.05) is 53.0 Å². The summed E-state index contributed by atoms with van der Waals surface area (Å²) in [6.45, 7) is 10.9. The van der Waals surface area contributed by atoms with Crippen molar-refractivity contribution in [1.29, 1.82) is 0 Å². The first-order valence-electron chi connectivity index (χ1n) is 10.4. The molecule has 1 rings (SSSR count). The van der Waals surface area contributed by atoms with Crippen LogP contribution >= 0.6 is 24.0 Å². The van der Waals surface area contributed by atoms with Gasteiger partial charge in [0.05, 0.1) is 0 Å². The van der Waals surface area contributed by atoms with Crippen molar-refractivity contribution in [3.63, 3.8) is 0 Å². The SMILES string of the molecule is CCOCCCNC(=NCC(=O)N(C)C)NC1CCCN(C(=O)OC(C)(C)C)C1.I. The lowest BCUT2D eigenvalue weighted by molar-refractivity contribution is -0.127. The molecule has 2 N–H and O–H groups in total. The first-order valence-corrected chi connectivity index (χ1v) is 10.4. The molecule has 1 heterocycles. The molecule has 2 amide bonds. The highest BCUT2D eigenvalue weighted by atomic mass is 127. The number of aliphatic imine (C=N–C) groups is 1. The Balaban J connectivity index is 0.00000841. The Morgan fingerprint density at radius 3 is 2.57 bits per heavy atom. The molecule has 30 heavy (non-hydrogen) atoms. The average molecular weight is 541 g/mol. The Morgan fingerprint density at radius 2 is 1.97 bits per heavy atom. The number of piperidine rings is 1. The van der Waals surface area contributed by atoms with Gasteiger partial charge in [0.2, 0.25) is 5.91 Å². The maximum absolute atomic E-state index is 12.4. The number of carbonyl (C=O) groups is 2. The van der Waals surface area contributed by atoms with Crippen LogP contribution in [-0.2, 0) is 14.3 Å². The predicted octanol–water partition coefficient (Wildman–Crippen LogP) is 2.05. The second-order valence-electron chi connectivity index (χ2n) is 8.34. The van der Waals surface area contributed by atoms with E-state index in [0.29, 0.717) is 38.8 Å². The van der Waals surface area contributed by atoms with Crippen molar-refractivity contribution in [1.82, 2.24) is 20.4 Å². The summed E-state index contributed by atoms with van der Waals surface area (Å²) < 4.78 is 10.8. The zero-order valence-corrected chi connectivity index (χ0v) is 21.7. The van der Waals surface area contributed by atoms with Gasteiger partial charge >= 0.3 is 6.09 Å². The fourth-order valence-electron chi connectivity index (χ4n) is 2.75. The number of nitrogens with zero attached hydrogens (tertiary/aromatic N) is 3. The summed E-state index contributed by atoms with van der Waals surface area (Å²) in [6.07, 6.45) is 2.34. The number of likely N-dealkylation sites (tertiary alicyclic amines) is 1. The molecule has 0 bridgehead atoms. The largest absolute Gasteiger partial charge is 0.444 e. The maximum Gasteiger partial charge on any atom is 0.410 e. The third-order valence-corrected chi connectivity index (χ3v) is 4.25. The Bertz CT molecular complexity index is 552. The Morgan fingerprint density at radius 1 is 1.27 bits per heavy atom. The summed E-state index contributed by atoms with van der Waals surface area (Å²) in [4.78, 5) is 31.9. The Kier molecular flexibility index (Phi) is 14.0. The molecule has 1 saturated heterocycles. The zero-order chi connectivity index (χ0) is 21.9. The van der Waals surface area contributed by atoms with Gasteiger partial charge in [0.15, 0.2) is 5.96 Å². The van der Waals surface area contributed by atoms with E-state index in [-0.39, 0.29) is 48.6 Å². The van der Waals surface area contributed by atoms with E-state index in [1.165, 1.54) is 4.90 Å². The van der Waals surface area contributed by atoms with Gasteiger partial charge in [-0.3, -0.25) is 4.79 Å². The minimum Gasteiger partial charge on any atom is -0.444 e. The van der Waals surface area contributed by atoms with Gasteiger partial charge in [-0.15, -0.1) is 24.0 Å². The van der Waals surface area contributed by atoms with Gasteiger partial charge < -0.3 is 29.9 Å². The number of hydrogen-bond donors (Lipinski definition) is 2. The predicted molar refractivity (Wildman–Crippen MR) is 129 cm³/mol. The number of carbonyl (C=O) groups excluding carboxylic acids is 2. The maximum atomic E-state index is 12.4. The van der Waals surface area contributed by atoms with E-state index in [9.17, 15) is 9.59 Å². The first-order chi connectivity index (χ1) is 13.6. The lowest BCUT2D eigenvalue weighted by Gasteiger charge is -2.35. The van der Waals surface area contributed by atoms with Crippen LogP contribution in [0.1, 0.15) is 47.0 Å². The summed E-state index contributed by atoms with van der Waals surface area (Å²) in [5, 5.41) is 6.62. The van der Waals surface area contributed by atoms with Crippen LogP contribution in [0.2, 0.25) is 0 Å². The minimum absolute atomic E-state index is 0. The molecule has 0 aromatic carbocycles. The van der Waals surface area contributed by atoms with Crippen LogP contribution in [0.5, 0.6) is 0 Å². The van der Waals surface area contributed by atoms with Crippen LogP contribution in [0.25, 0.3) is 0 Å². The molecule has 0 radical (unpaired) electrons. The highest BCUT2D eigenvalue weighted by molar-refractivity contribution is 14.0. The van der Waals surface area contributed by atoms with Crippen LogP contribution in [0.15, 0.2) is 4.99 Å². The van der Waals surface area contributed by atoms with E-state index >= 15 is 0 Å². The Labute approximate surface area is 198 Å². The van der Waals surface area contributed by atoms with E-state index in [1.54, 1.807) is 19.0 Å². The van der Waals surface area contributed by atoms with Gasteiger partial charge in [-0.2, -0.15) is 0 Å². The van der Waals surface area contributed by atoms with E-state index in [2.05, 4.69) is 15.6 Å². The molecule has 1 fully saturated rings. The monoisotopic (exact) mass is 541 g/mol. The quantitative estimate of drug-likeness (QED) is 0.212. The van der Waals surface area contributed by atoms with Crippen molar-refractivity contribution in [3.05, 3.63) is 0 Å². The zero-order valence-electron chi connectivity index (χ0n) is 19.3. The number of halogens is 1. The van der Waals surface area contributed by atoms with E-state index in [0.717, 1.165) is 19.3 Å². The Hall–Kier alpha value is -1.30. The fourth-order valence-corrected chi connectivity index (χ4v) is 2.75. The molecule has 0 saturated carbocycles. The van der Waals surface area contributed by atoms with Gasteiger partial charge in [-0.05, 0) is 47.0 Å². The van der Waals surface area contributed by atoms with Gasteiger partial charge in [-0.25, -0.2) is 9.79 Å². The van der Waals surface area contributed by atoms with Crippen molar-refractivity contribution in [2.75, 3.05) is 53.5 Å². The van der Waals surface area contributed by atoms with Crippen LogP contribution in [0.3, 0.4) is 0 Å². The topological polar surface area (TPSA) is 95.5 Å². The van der Waals surface area contributed by atoms with E-state index < -0.39 is 5.60 Å². The van der Waals surface area contributed by atoms with Gasteiger partial charge in [-0.1, -0.05) is 0 Å². The first kappa shape index (κ1) is 28.7. The van der Waals surface area contributed by atoms with Gasteiger partial charge in [0.25, 0.3) is 0 Å². The molecule has 0 spiro atoms. The summed E-state index contributed by atoms with van der Waals surface area (Å²) in [5.74, 6) is 0.507.